The van der Waals surface area contributed by atoms with E-state index in [1.165, 1.54) is 0 Å². The van der Waals surface area contributed by atoms with E-state index in [4.69, 9.17) is 5.73 Å². The highest BCUT2D eigenvalue weighted by molar-refractivity contribution is 5.81. The molecule has 22 heavy (non-hydrogen) atoms. The number of hydrogen-bond donors (Lipinski definition) is 2. The number of nitrogens with zero attached hydrogens (tertiary/aromatic N) is 2. The van der Waals surface area contributed by atoms with Crippen LogP contribution in [0.3, 0.4) is 0 Å². The van der Waals surface area contributed by atoms with Crippen molar-refractivity contribution in [3.05, 3.63) is 35.9 Å². The molecule has 3 rings (SSSR count). The van der Waals surface area contributed by atoms with Gasteiger partial charge in [0.2, 0.25) is 5.91 Å². The van der Waals surface area contributed by atoms with Gasteiger partial charge in [-0.05, 0) is 18.4 Å². The Morgan fingerprint density at radius 3 is 2.41 bits per heavy atom. The molecule has 2 aliphatic rings. The fourth-order valence-electron chi connectivity index (χ4n) is 3.48. The van der Waals surface area contributed by atoms with Crippen molar-refractivity contribution in [3.8, 4) is 0 Å². The van der Waals surface area contributed by atoms with E-state index in [-0.39, 0.29) is 24.0 Å². The Labute approximate surface area is 130 Å². The Morgan fingerprint density at radius 2 is 1.86 bits per heavy atom. The number of likely N-dealkylation sites (tertiary alicyclic amines) is 1. The lowest BCUT2D eigenvalue weighted by atomic mass is 9.98. The first-order valence-electron chi connectivity index (χ1n) is 7.79. The minimum Gasteiger partial charge on any atom is -0.368 e. The van der Waals surface area contributed by atoms with Crippen molar-refractivity contribution >= 4 is 11.9 Å². The SMILES string of the molecule is NC(=O)C(c1ccccc1)N1CCC(N2CCNC2=O)CC1. The molecule has 1 atom stereocenters. The molecule has 0 bridgehead atoms. The number of benzene rings is 1. The molecule has 0 saturated carbocycles. The predicted molar refractivity (Wildman–Crippen MR) is 83.1 cm³/mol. The summed E-state index contributed by atoms with van der Waals surface area (Å²) in [5, 5.41) is 2.84. The summed E-state index contributed by atoms with van der Waals surface area (Å²) in [6.07, 6.45) is 1.76. The maximum Gasteiger partial charge on any atom is 0.317 e. The van der Waals surface area contributed by atoms with E-state index >= 15 is 0 Å². The average molecular weight is 302 g/mol. The van der Waals surface area contributed by atoms with Crippen LogP contribution in [0.4, 0.5) is 4.79 Å². The number of hydrogen-bond acceptors (Lipinski definition) is 3. The molecular weight excluding hydrogens is 280 g/mol. The second-order valence-electron chi connectivity index (χ2n) is 5.91. The van der Waals surface area contributed by atoms with Crippen LogP contribution < -0.4 is 11.1 Å². The standard InChI is InChI=1S/C16H22N4O2/c17-15(21)14(12-4-2-1-3-5-12)19-9-6-13(7-10-19)20-11-8-18-16(20)22/h1-5,13-14H,6-11H2,(H2,17,21)(H,18,22). The molecule has 3 amide bonds. The van der Waals surface area contributed by atoms with Crippen LogP contribution in [-0.4, -0.2) is 54.0 Å². The molecule has 0 radical (unpaired) electrons. The van der Waals surface area contributed by atoms with Crippen LogP contribution in [0.1, 0.15) is 24.4 Å². The van der Waals surface area contributed by atoms with Gasteiger partial charge in [0.05, 0.1) is 0 Å². The lowest BCUT2D eigenvalue weighted by Gasteiger charge is -2.39. The van der Waals surface area contributed by atoms with Gasteiger partial charge in [0.1, 0.15) is 6.04 Å². The van der Waals surface area contributed by atoms with E-state index in [9.17, 15) is 9.59 Å². The number of piperidine rings is 1. The third-order valence-corrected chi connectivity index (χ3v) is 4.58. The van der Waals surface area contributed by atoms with Crippen LogP contribution in [-0.2, 0) is 4.79 Å². The third-order valence-electron chi connectivity index (χ3n) is 4.58. The van der Waals surface area contributed by atoms with Crippen LogP contribution in [0.15, 0.2) is 30.3 Å². The molecule has 1 unspecified atom stereocenters. The van der Waals surface area contributed by atoms with Crippen molar-refractivity contribution in [1.82, 2.24) is 15.1 Å². The molecule has 3 N–H and O–H groups in total. The van der Waals surface area contributed by atoms with Gasteiger partial charge in [0.25, 0.3) is 0 Å². The van der Waals surface area contributed by atoms with Crippen molar-refractivity contribution in [2.45, 2.75) is 24.9 Å². The quantitative estimate of drug-likeness (QED) is 0.859. The smallest absolute Gasteiger partial charge is 0.317 e. The van der Waals surface area contributed by atoms with Gasteiger partial charge in [0.15, 0.2) is 0 Å². The van der Waals surface area contributed by atoms with Gasteiger partial charge in [-0.2, -0.15) is 0 Å². The summed E-state index contributed by atoms with van der Waals surface area (Å²) < 4.78 is 0. The largest absolute Gasteiger partial charge is 0.368 e. The number of nitrogens with one attached hydrogen (secondary N) is 1. The molecule has 0 spiro atoms. The Kier molecular flexibility index (Phi) is 4.29. The maximum atomic E-state index is 11.9. The van der Waals surface area contributed by atoms with Gasteiger partial charge >= 0.3 is 6.03 Å². The van der Waals surface area contributed by atoms with Crippen molar-refractivity contribution in [2.24, 2.45) is 5.73 Å². The Balaban J connectivity index is 1.66. The Bertz CT molecular complexity index is 540. The fraction of sp³-hybridized carbons (Fsp3) is 0.500. The Morgan fingerprint density at radius 1 is 1.18 bits per heavy atom. The molecule has 0 aliphatic carbocycles. The van der Waals surface area contributed by atoms with Crippen molar-refractivity contribution in [3.63, 3.8) is 0 Å². The average Bonchev–Trinajstić information content (AvgIpc) is 2.95. The van der Waals surface area contributed by atoms with Crippen LogP contribution in [0, 0.1) is 0 Å². The number of amides is 3. The number of rotatable bonds is 4. The van der Waals surface area contributed by atoms with Crippen LogP contribution >= 0.6 is 0 Å². The molecule has 2 heterocycles. The van der Waals surface area contributed by atoms with E-state index in [1.54, 1.807) is 0 Å². The first-order valence-corrected chi connectivity index (χ1v) is 7.79. The van der Waals surface area contributed by atoms with Crippen molar-refractivity contribution in [1.29, 1.82) is 0 Å². The summed E-state index contributed by atoms with van der Waals surface area (Å²) in [6.45, 7) is 3.06. The van der Waals surface area contributed by atoms with Gasteiger partial charge in [-0.15, -0.1) is 0 Å². The first kappa shape index (κ1) is 14.8. The van der Waals surface area contributed by atoms with Crippen LogP contribution in [0.2, 0.25) is 0 Å². The maximum absolute atomic E-state index is 11.9. The summed E-state index contributed by atoms with van der Waals surface area (Å²) in [4.78, 5) is 27.7. The van der Waals surface area contributed by atoms with E-state index < -0.39 is 0 Å². The molecule has 1 aromatic carbocycles. The summed E-state index contributed by atoms with van der Waals surface area (Å²) in [5.74, 6) is -0.316. The highest BCUT2D eigenvalue weighted by Crippen LogP contribution is 2.26. The minimum atomic E-state index is -0.380. The van der Waals surface area contributed by atoms with Crippen molar-refractivity contribution in [2.75, 3.05) is 26.2 Å². The summed E-state index contributed by atoms with van der Waals surface area (Å²) in [7, 11) is 0. The molecule has 6 nitrogen and oxygen atoms in total. The second kappa shape index (κ2) is 6.36. The second-order valence-corrected chi connectivity index (χ2v) is 5.91. The zero-order valence-electron chi connectivity index (χ0n) is 12.6. The van der Waals surface area contributed by atoms with E-state index in [2.05, 4.69) is 10.2 Å². The first-order chi connectivity index (χ1) is 10.7. The number of urea groups is 1. The summed E-state index contributed by atoms with van der Waals surface area (Å²) in [5.41, 5.74) is 6.56. The number of primary amides is 1. The number of nitrogens with two attached hydrogens (primary N) is 1. The van der Waals surface area contributed by atoms with Gasteiger partial charge in [-0.25, -0.2) is 4.79 Å². The number of carbonyl (C=O) groups is 2. The predicted octanol–water partition coefficient (Wildman–Crippen LogP) is 0.703. The zero-order valence-corrected chi connectivity index (χ0v) is 12.6. The summed E-state index contributed by atoms with van der Waals surface area (Å²) >= 11 is 0. The molecule has 2 aliphatic heterocycles. The highest BCUT2D eigenvalue weighted by atomic mass is 16.2. The fourth-order valence-corrected chi connectivity index (χ4v) is 3.48. The van der Waals surface area contributed by atoms with E-state index in [1.807, 2.05) is 35.2 Å². The lowest BCUT2D eigenvalue weighted by molar-refractivity contribution is -0.124. The molecule has 118 valence electrons. The van der Waals surface area contributed by atoms with Crippen LogP contribution in [0.5, 0.6) is 0 Å². The molecule has 6 heteroatoms. The summed E-state index contributed by atoms with van der Waals surface area (Å²) in [6, 6.07) is 9.58. The van der Waals surface area contributed by atoms with Crippen LogP contribution in [0.25, 0.3) is 0 Å². The topological polar surface area (TPSA) is 78.7 Å². The monoisotopic (exact) mass is 302 g/mol. The molecule has 2 saturated heterocycles. The normalized spacial score (nSPS) is 21.6. The van der Waals surface area contributed by atoms with Gasteiger partial charge in [0, 0.05) is 32.2 Å². The number of carbonyl (C=O) groups excluding carboxylic acids is 2. The Hall–Kier alpha value is -2.08. The highest BCUT2D eigenvalue weighted by Gasteiger charge is 2.34. The van der Waals surface area contributed by atoms with Gasteiger partial charge < -0.3 is 16.0 Å². The lowest BCUT2D eigenvalue weighted by Crippen LogP contribution is -2.49. The zero-order chi connectivity index (χ0) is 15.5. The van der Waals surface area contributed by atoms with E-state index in [0.717, 1.165) is 44.6 Å². The van der Waals surface area contributed by atoms with E-state index in [0.29, 0.717) is 0 Å². The molecule has 2 fully saturated rings. The van der Waals surface area contributed by atoms with Crippen molar-refractivity contribution < 1.29 is 9.59 Å². The van der Waals surface area contributed by atoms with Gasteiger partial charge in [-0.1, -0.05) is 30.3 Å². The molecule has 0 aromatic heterocycles. The third kappa shape index (κ3) is 2.92. The minimum absolute atomic E-state index is 0.0351. The van der Waals surface area contributed by atoms with Gasteiger partial charge in [-0.3, -0.25) is 9.69 Å². The molecular formula is C16H22N4O2. The molecule has 1 aromatic rings.